The molecule has 2 aromatic heterocycles. The highest BCUT2D eigenvalue weighted by Crippen LogP contribution is 2.54. The first-order valence-corrected chi connectivity index (χ1v) is 19.6. The van der Waals surface area contributed by atoms with Gasteiger partial charge in [0.25, 0.3) is 0 Å². The third kappa shape index (κ3) is 6.79. The number of aromatic amines is 2. The topological polar surface area (TPSA) is 177 Å². The van der Waals surface area contributed by atoms with E-state index in [9.17, 15) is 24.3 Å². The lowest BCUT2D eigenvalue weighted by atomic mass is 10.0. The molecular formula is C42H50N8O6. The highest BCUT2D eigenvalue weighted by molar-refractivity contribution is 5.88. The number of methoxy groups -OCH3 is 1. The molecule has 0 unspecified atom stereocenters. The summed E-state index contributed by atoms with van der Waals surface area (Å²) in [5, 5.41) is 12.4. The van der Waals surface area contributed by atoms with Gasteiger partial charge >= 0.3 is 12.2 Å². The molecule has 294 valence electrons. The second kappa shape index (κ2) is 14.4. The van der Waals surface area contributed by atoms with Crippen LogP contribution in [0.1, 0.15) is 77.1 Å². The molecule has 2 aliphatic carbocycles. The van der Waals surface area contributed by atoms with Crippen molar-refractivity contribution in [1.29, 1.82) is 0 Å². The number of nitrogens with zero attached hydrogens (tertiary/aromatic N) is 5. The minimum absolute atomic E-state index is 0.100. The van der Waals surface area contributed by atoms with Gasteiger partial charge in [0.1, 0.15) is 23.7 Å². The predicted molar refractivity (Wildman–Crippen MR) is 208 cm³/mol. The third-order valence-electron chi connectivity index (χ3n) is 12.2. The Morgan fingerprint density at radius 1 is 0.732 bits per heavy atom. The number of hydrogen-bond acceptors (Lipinski definition) is 7. The Morgan fingerprint density at radius 2 is 1.18 bits per heavy atom. The van der Waals surface area contributed by atoms with Crippen LogP contribution in [0.15, 0.2) is 60.9 Å². The molecule has 4 heterocycles. The third-order valence-corrected chi connectivity index (χ3v) is 12.2. The first kappa shape index (κ1) is 37.3. The van der Waals surface area contributed by atoms with E-state index in [2.05, 4.69) is 39.6 Å². The number of piperidine rings is 2. The van der Waals surface area contributed by atoms with Crippen molar-refractivity contribution < 1.29 is 29.0 Å². The Morgan fingerprint density at radius 3 is 1.59 bits per heavy atom. The smallest absolute Gasteiger partial charge is 0.407 e. The average Bonchev–Trinajstić information content (AvgIpc) is 3.78. The van der Waals surface area contributed by atoms with Crippen molar-refractivity contribution in [2.75, 3.05) is 14.2 Å². The molecule has 0 radical (unpaired) electrons. The number of carbonyl (C=O) groups is 4. The van der Waals surface area contributed by atoms with Crippen LogP contribution in [0.2, 0.25) is 0 Å². The molecule has 4 amide bonds. The number of aromatic nitrogens is 4. The van der Waals surface area contributed by atoms with Gasteiger partial charge in [-0.2, -0.15) is 0 Å². The lowest BCUT2D eigenvalue weighted by Crippen LogP contribution is -2.52. The SMILES string of the molecule is COC(=O)N[C@@H](C(=O)N1[C@@H]2C[C@@H]2C[C@H]1c1nc(-c2ccc(-c3ccc(-c4c[nH]c([C@@H]5C[C@H]6C[C@H]6N5C(=O)[C@@H](C(C)C)N(C)C(=O)O)n4)cc3)cc2)c[nH]1)C(C)C. The van der Waals surface area contributed by atoms with Crippen LogP contribution in [0.3, 0.4) is 0 Å². The monoisotopic (exact) mass is 762 g/mol. The summed E-state index contributed by atoms with van der Waals surface area (Å²) in [5.74, 6) is 1.81. The molecule has 14 heteroatoms. The number of imidazole rings is 2. The highest BCUT2D eigenvalue weighted by atomic mass is 16.5. The summed E-state index contributed by atoms with van der Waals surface area (Å²) in [7, 11) is 2.76. The van der Waals surface area contributed by atoms with Crippen LogP contribution in [-0.4, -0.2) is 102 Å². The van der Waals surface area contributed by atoms with Gasteiger partial charge in [0.15, 0.2) is 0 Å². The molecule has 8 rings (SSSR count). The summed E-state index contributed by atoms with van der Waals surface area (Å²) in [6.07, 6.45) is 5.60. The van der Waals surface area contributed by atoms with Gasteiger partial charge in [0, 0.05) is 42.7 Å². The van der Waals surface area contributed by atoms with Crippen molar-refractivity contribution in [3.8, 4) is 33.6 Å². The summed E-state index contributed by atoms with van der Waals surface area (Å²) in [6, 6.07) is 14.9. The number of ether oxygens (including phenoxy) is 1. The molecular weight excluding hydrogens is 713 g/mol. The Kier molecular flexibility index (Phi) is 9.61. The summed E-state index contributed by atoms with van der Waals surface area (Å²) < 4.78 is 4.79. The number of alkyl carbamates (subject to hydrolysis) is 1. The van der Waals surface area contributed by atoms with E-state index >= 15 is 0 Å². The minimum Gasteiger partial charge on any atom is -0.465 e. The van der Waals surface area contributed by atoms with Gasteiger partial charge in [-0.25, -0.2) is 19.6 Å². The molecule has 0 spiro atoms. The largest absolute Gasteiger partial charge is 0.465 e. The van der Waals surface area contributed by atoms with Gasteiger partial charge in [-0.3, -0.25) is 14.5 Å². The number of carboxylic acid groups (broad SMARTS) is 1. The van der Waals surface area contributed by atoms with E-state index in [0.717, 1.165) is 75.9 Å². The molecule has 2 aromatic carbocycles. The van der Waals surface area contributed by atoms with Crippen LogP contribution in [0.5, 0.6) is 0 Å². The quantitative estimate of drug-likeness (QED) is 0.134. The normalized spacial score (nSPS) is 24.4. The second-order valence-electron chi connectivity index (χ2n) is 16.6. The fraction of sp³-hybridized carbons (Fsp3) is 0.476. The molecule has 2 saturated carbocycles. The number of likely N-dealkylation sites (tertiary alicyclic amines) is 2. The highest BCUT2D eigenvalue weighted by Gasteiger charge is 2.57. The molecule has 4 fully saturated rings. The minimum atomic E-state index is -1.11. The number of rotatable bonds is 11. The number of carbonyl (C=O) groups excluding carboxylic acids is 3. The van der Waals surface area contributed by atoms with Crippen molar-refractivity contribution in [3.05, 3.63) is 72.6 Å². The van der Waals surface area contributed by atoms with Crippen molar-refractivity contribution in [2.45, 2.75) is 89.6 Å². The zero-order valence-electron chi connectivity index (χ0n) is 32.6. The summed E-state index contributed by atoms with van der Waals surface area (Å²) in [5.41, 5.74) is 5.58. The molecule has 4 N–H and O–H groups in total. The van der Waals surface area contributed by atoms with Crippen molar-refractivity contribution in [1.82, 2.24) is 40.0 Å². The second-order valence-corrected chi connectivity index (χ2v) is 16.6. The molecule has 2 saturated heterocycles. The average molecular weight is 763 g/mol. The van der Waals surface area contributed by atoms with Crippen molar-refractivity contribution in [3.63, 3.8) is 0 Å². The van der Waals surface area contributed by atoms with Crippen molar-refractivity contribution in [2.24, 2.45) is 23.7 Å². The Hall–Kier alpha value is -5.66. The molecule has 14 nitrogen and oxygen atoms in total. The Bertz CT molecular complexity index is 2130. The van der Waals surface area contributed by atoms with Crippen LogP contribution in [0.25, 0.3) is 33.6 Å². The molecule has 0 bridgehead atoms. The zero-order chi connectivity index (χ0) is 39.6. The number of nitrogens with one attached hydrogen (secondary N) is 3. The molecule has 4 aliphatic rings. The number of amides is 4. The van der Waals surface area contributed by atoms with Crippen LogP contribution >= 0.6 is 0 Å². The van der Waals surface area contributed by atoms with E-state index in [1.54, 1.807) is 0 Å². The van der Waals surface area contributed by atoms with Crippen molar-refractivity contribution >= 4 is 24.0 Å². The summed E-state index contributed by atoms with van der Waals surface area (Å²) in [6.45, 7) is 7.59. The van der Waals surface area contributed by atoms with E-state index in [1.165, 1.54) is 14.2 Å². The Labute approximate surface area is 326 Å². The van der Waals surface area contributed by atoms with Crippen LogP contribution in [0.4, 0.5) is 9.59 Å². The predicted octanol–water partition coefficient (Wildman–Crippen LogP) is 6.47. The maximum Gasteiger partial charge on any atom is 0.407 e. The van der Waals surface area contributed by atoms with Crippen LogP contribution in [0, 0.1) is 23.7 Å². The van der Waals surface area contributed by atoms with E-state index in [4.69, 9.17) is 14.7 Å². The summed E-state index contributed by atoms with van der Waals surface area (Å²) in [4.78, 5) is 72.9. The molecule has 8 atom stereocenters. The summed E-state index contributed by atoms with van der Waals surface area (Å²) >= 11 is 0. The standard InChI is InChI=1S/C42H50N8O6/c1-21(2)35(47-41(53)56-6)39(51)49-31-15-27(31)17-33(49)37-43-19-29(45-37)25-11-7-23(8-12-25)24-9-13-26(14-10-24)30-20-44-38(46-30)34-18-28-16-32(28)50(34)40(52)36(22(3)4)48(5)42(54)55/h7-14,19-22,27-28,31-36H,15-18H2,1-6H3,(H,43,45)(H,44,46)(H,47,53)(H,54,55)/t27-,28-,31-,32-,33+,34+,35-,36-/m1/s1. The van der Waals surface area contributed by atoms with Gasteiger partial charge in [-0.15, -0.1) is 0 Å². The van der Waals surface area contributed by atoms with E-state index < -0.39 is 24.3 Å². The van der Waals surface area contributed by atoms with Gasteiger partial charge in [0.2, 0.25) is 11.8 Å². The molecule has 2 aliphatic heterocycles. The van der Waals surface area contributed by atoms with Gasteiger partial charge in [0.05, 0.1) is 30.6 Å². The molecule has 4 aromatic rings. The number of H-pyrrole nitrogens is 2. The van der Waals surface area contributed by atoms with Crippen LogP contribution in [-0.2, 0) is 14.3 Å². The fourth-order valence-corrected chi connectivity index (χ4v) is 9.04. The number of likely N-dealkylation sites (N-methyl/N-ethyl adjacent to an activating group) is 1. The number of fused-ring (bicyclic) bond motifs is 2. The lowest BCUT2D eigenvalue weighted by molar-refractivity contribution is -0.140. The van der Waals surface area contributed by atoms with Crippen LogP contribution < -0.4 is 5.32 Å². The number of benzene rings is 2. The number of hydrogen-bond donors (Lipinski definition) is 4. The van der Waals surface area contributed by atoms with E-state index in [-0.39, 0.29) is 47.8 Å². The van der Waals surface area contributed by atoms with E-state index in [1.807, 2.05) is 74.2 Å². The first-order valence-electron chi connectivity index (χ1n) is 19.6. The van der Waals surface area contributed by atoms with Gasteiger partial charge in [-0.05, 0) is 60.5 Å². The maximum atomic E-state index is 13.8. The van der Waals surface area contributed by atoms with Gasteiger partial charge < -0.3 is 34.9 Å². The lowest BCUT2D eigenvalue weighted by Gasteiger charge is -2.35. The maximum absolute atomic E-state index is 13.8. The van der Waals surface area contributed by atoms with E-state index in [0.29, 0.717) is 11.8 Å². The molecule has 56 heavy (non-hydrogen) atoms. The zero-order valence-corrected chi connectivity index (χ0v) is 32.6. The first-order chi connectivity index (χ1) is 26.8. The Balaban J connectivity index is 0.936. The fourth-order valence-electron chi connectivity index (χ4n) is 9.04. The van der Waals surface area contributed by atoms with Gasteiger partial charge in [-0.1, -0.05) is 76.2 Å².